The van der Waals surface area contributed by atoms with Crippen LogP contribution in [0, 0.1) is 5.92 Å². The number of amides is 1. The van der Waals surface area contributed by atoms with Crippen LogP contribution in [0.1, 0.15) is 30.9 Å². The molecule has 4 aliphatic rings. The van der Waals surface area contributed by atoms with E-state index in [4.69, 9.17) is 9.47 Å². The molecule has 0 spiro atoms. The van der Waals surface area contributed by atoms with Crippen LogP contribution in [0.4, 0.5) is 4.79 Å². The molecule has 1 unspecified atom stereocenters. The highest BCUT2D eigenvalue weighted by Gasteiger charge is 2.37. The summed E-state index contributed by atoms with van der Waals surface area (Å²) < 4.78 is 11.8. The minimum Gasteiger partial charge on any atom is -0.493 e. The second kappa shape index (κ2) is 7.57. The highest BCUT2D eigenvalue weighted by atomic mass is 16.6. The summed E-state index contributed by atoms with van der Waals surface area (Å²) in [5, 5.41) is 11.3. The van der Waals surface area contributed by atoms with Crippen molar-refractivity contribution >= 4 is 17.0 Å². The summed E-state index contributed by atoms with van der Waals surface area (Å²) in [6.45, 7) is 3.70. The molecule has 4 aliphatic heterocycles. The van der Waals surface area contributed by atoms with Crippen LogP contribution in [-0.4, -0.2) is 53.5 Å². The van der Waals surface area contributed by atoms with E-state index in [1.165, 1.54) is 0 Å². The van der Waals surface area contributed by atoms with Gasteiger partial charge in [0, 0.05) is 23.9 Å². The van der Waals surface area contributed by atoms with Crippen molar-refractivity contribution in [2.75, 3.05) is 26.2 Å². The Balaban J connectivity index is 1.20. The van der Waals surface area contributed by atoms with Gasteiger partial charge >= 0.3 is 6.09 Å². The molecule has 7 heteroatoms. The van der Waals surface area contributed by atoms with Gasteiger partial charge in [0.25, 0.3) is 0 Å². The molecular formula is C24H26N4O3. The van der Waals surface area contributed by atoms with E-state index in [1.54, 1.807) is 0 Å². The summed E-state index contributed by atoms with van der Waals surface area (Å²) in [6.07, 6.45) is 4.54. The molecule has 2 N–H and O–H groups in total. The Morgan fingerprint density at radius 3 is 2.94 bits per heavy atom. The van der Waals surface area contributed by atoms with Crippen molar-refractivity contribution in [3.8, 4) is 16.9 Å². The van der Waals surface area contributed by atoms with Crippen molar-refractivity contribution in [2.45, 2.75) is 31.4 Å². The van der Waals surface area contributed by atoms with E-state index >= 15 is 0 Å². The number of nitrogens with zero attached hydrogens (tertiary/aromatic N) is 2. The van der Waals surface area contributed by atoms with Gasteiger partial charge in [-0.05, 0) is 55.1 Å². The van der Waals surface area contributed by atoms with Crippen LogP contribution in [0.3, 0.4) is 0 Å². The standard InChI is InChI=1S/C24H26N4O3/c29-24(31-23-14-28-9-6-15(23)7-10-28)26-20-8-11-30-22-12-16(4-5-18(20)22)17-2-1-3-21-19(17)13-25-27-21/h1-5,12-13,15,20,23H,6-11,14H2,(H,25,27)(H,26,29)/t20?,23-/m1/s1. The fraction of sp³-hybridized carbons (Fsp3) is 0.417. The predicted octanol–water partition coefficient (Wildman–Crippen LogP) is 3.87. The summed E-state index contributed by atoms with van der Waals surface area (Å²) >= 11 is 0. The first kappa shape index (κ1) is 18.7. The van der Waals surface area contributed by atoms with E-state index in [0.29, 0.717) is 12.5 Å². The third kappa shape index (κ3) is 3.43. The van der Waals surface area contributed by atoms with Crippen LogP contribution < -0.4 is 10.1 Å². The van der Waals surface area contributed by atoms with E-state index < -0.39 is 0 Å². The van der Waals surface area contributed by atoms with Crippen molar-refractivity contribution in [2.24, 2.45) is 5.92 Å². The molecule has 3 aromatic rings. The number of hydrogen-bond acceptors (Lipinski definition) is 5. The lowest BCUT2D eigenvalue weighted by Gasteiger charge is -2.44. The zero-order valence-electron chi connectivity index (χ0n) is 17.3. The third-order valence-corrected chi connectivity index (χ3v) is 7.00. The number of carbonyl (C=O) groups excluding carboxylic acids is 1. The van der Waals surface area contributed by atoms with E-state index in [-0.39, 0.29) is 18.2 Å². The van der Waals surface area contributed by atoms with E-state index in [9.17, 15) is 4.79 Å². The number of aromatic amines is 1. The number of hydrogen-bond donors (Lipinski definition) is 2. The monoisotopic (exact) mass is 418 g/mol. The van der Waals surface area contributed by atoms with Crippen LogP contribution in [0.25, 0.3) is 22.0 Å². The number of fused-ring (bicyclic) bond motifs is 5. The molecule has 3 fully saturated rings. The SMILES string of the molecule is O=C(NC1CCOc2cc(-c3cccc4[nH]ncc34)ccc21)O[C@@H]1CN2CCC1CC2. The average molecular weight is 418 g/mol. The number of ether oxygens (including phenoxy) is 2. The lowest BCUT2D eigenvalue weighted by molar-refractivity contribution is -0.0342. The molecule has 160 valence electrons. The van der Waals surface area contributed by atoms with Crippen LogP contribution in [-0.2, 0) is 4.74 Å². The van der Waals surface area contributed by atoms with Gasteiger partial charge in [0.15, 0.2) is 0 Å². The highest BCUT2D eigenvalue weighted by molar-refractivity contribution is 5.94. The molecule has 0 saturated carbocycles. The van der Waals surface area contributed by atoms with Crippen molar-refractivity contribution in [1.29, 1.82) is 0 Å². The Labute approximate surface area is 180 Å². The Morgan fingerprint density at radius 2 is 2.10 bits per heavy atom. The highest BCUT2D eigenvalue weighted by Crippen LogP contribution is 2.37. The number of carbonyl (C=O) groups is 1. The lowest BCUT2D eigenvalue weighted by atomic mass is 9.86. The van der Waals surface area contributed by atoms with Gasteiger partial charge in [-0.1, -0.05) is 24.3 Å². The molecule has 1 amide bonds. The molecule has 2 aromatic carbocycles. The summed E-state index contributed by atoms with van der Waals surface area (Å²) in [5.41, 5.74) is 4.18. The molecule has 7 nitrogen and oxygen atoms in total. The molecule has 0 aliphatic carbocycles. The maximum absolute atomic E-state index is 12.7. The maximum atomic E-state index is 12.7. The Kier molecular flexibility index (Phi) is 4.56. The van der Waals surface area contributed by atoms with Gasteiger partial charge in [-0.2, -0.15) is 5.10 Å². The van der Waals surface area contributed by atoms with Crippen molar-refractivity contribution in [1.82, 2.24) is 20.4 Å². The summed E-state index contributed by atoms with van der Waals surface area (Å²) in [4.78, 5) is 15.1. The summed E-state index contributed by atoms with van der Waals surface area (Å²) in [7, 11) is 0. The maximum Gasteiger partial charge on any atom is 0.407 e. The summed E-state index contributed by atoms with van der Waals surface area (Å²) in [6, 6.07) is 12.2. The van der Waals surface area contributed by atoms with E-state index in [0.717, 1.165) is 72.2 Å². The van der Waals surface area contributed by atoms with E-state index in [2.05, 4.69) is 44.7 Å². The van der Waals surface area contributed by atoms with Crippen LogP contribution in [0.5, 0.6) is 5.75 Å². The molecule has 0 radical (unpaired) electrons. The summed E-state index contributed by atoms with van der Waals surface area (Å²) in [5.74, 6) is 1.32. The van der Waals surface area contributed by atoms with Crippen LogP contribution >= 0.6 is 0 Å². The number of benzene rings is 2. The second-order valence-electron chi connectivity index (χ2n) is 8.81. The quantitative estimate of drug-likeness (QED) is 0.675. The van der Waals surface area contributed by atoms with Crippen molar-refractivity contribution in [3.05, 3.63) is 48.2 Å². The lowest BCUT2D eigenvalue weighted by Crippen LogP contribution is -2.52. The van der Waals surface area contributed by atoms with Gasteiger partial charge in [0.1, 0.15) is 11.9 Å². The number of rotatable bonds is 3. The minimum atomic E-state index is -0.316. The molecule has 5 heterocycles. The number of piperidine rings is 3. The normalized spacial score (nSPS) is 26.8. The van der Waals surface area contributed by atoms with Gasteiger partial charge in [-0.25, -0.2) is 4.79 Å². The topological polar surface area (TPSA) is 79.5 Å². The number of nitrogens with one attached hydrogen (secondary N) is 2. The van der Waals surface area contributed by atoms with Crippen molar-refractivity contribution in [3.63, 3.8) is 0 Å². The van der Waals surface area contributed by atoms with Gasteiger partial charge < -0.3 is 14.8 Å². The first-order valence-electron chi connectivity index (χ1n) is 11.1. The number of aromatic nitrogens is 2. The molecular weight excluding hydrogens is 392 g/mol. The number of alkyl carbamates (subject to hydrolysis) is 1. The molecule has 2 atom stereocenters. The second-order valence-corrected chi connectivity index (χ2v) is 8.81. The van der Waals surface area contributed by atoms with Gasteiger partial charge in [0.2, 0.25) is 0 Å². The zero-order valence-corrected chi connectivity index (χ0v) is 17.3. The molecule has 1 aromatic heterocycles. The fourth-order valence-electron chi connectivity index (χ4n) is 5.28. The minimum absolute atomic E-state index is 0.0136. The van der Waals surface area contributed by atoms with Gasteiger partial charge in [-0.15, -0.1) is 0 Å². The largest absolute Gasteiger partial charge is 0.493 e. The van der Waals surface area contributed by atoms with E-state index in [1.807, 2.05) is 18.3 Å². The van der Waals surface area contributed by atoms with Crippen molar-refractivity contribution < 1.29 is 14.3 Å². The fourth-order valence-corrected chi connectivity index (χ4v) is 5.28. The Hall–Kier alpha value is -3.06. The Morgan fingerprint density at radius 1 is 1.19 bits per heavy atom. The number of H-pyrrole nitrogens is 1. The predicted molar refractivity (Wildman–Crippen MR) is 117 cm³/mol. The first-order chi connectivity index (χ1) is 15.2. The molecule has 7 rings (SSSR count). The average Bonchev–Trinajstić information content (AvgIpc) is 3.29. The molecule has 31 heavy (non-hydrogen) atoms. The Bertz CT molecular complexity index is 1120. The first-order valence-corrected chi connectivity index (χ1v) is 11.1. The van der Waals surface area contributed by atoms with Gasteiger partial charge in [-0.3, -0.25) is 10.00 Å². The van der Waals surface area contributed by atoms with Crippen LogP contribution in [0.2, 0.25) is 0 Å². The smallest absolute Gasteiger partial charge is 0.407 e. The molecule has 3 saturated heterocycles. The van der Waals surface area contributed by atoms with Gasteiger partial charge in [0.05, 0.1) is 24.4 Å². The zero-order chi connectivity index (χ0) is 20.8. The third-order valence-electron chi connectivity index (χ3n) is 7.00. The molecule has 2 bridgehead atoms. The van der Waals surface area contributed by atoms with Crippen LogP contribution in [0.15, 0.2) is 42.6 Å².